The van der Waals surface area contributed by atoms with Gasteiger partial charge in [-0.1, -0.05) is 48.8 Å². The Labute approximate surface area is 118 Å². The third-order valence-corrected chi connectivity index (χ3v) is 3.01. The molecule has 0 saturated heterocycles. The van der Waals surface area contributed by atoms with Gasteiger partial charge < -0.3 is 9.84 Å². The smallest absolute Gasteiger partial charge is 0.249 e. The Morgan fingerprint density at radius 1 is 1.20 bits per heavy atom. The van der Waals surface area contributed by atoms with Crippen molar-refractivity contribution in [2.24, 2.45) is 5.92 Å². The number of hydrogen-bond acceptors (Lipinski definition) is 4. The van der Waals surface area contributed by atoms with Gasteiger partial charge in [0.25, 0.3) is 0 Å². The summed E-state index contributed by atoms with van der Waals surface area (Å²) in [5.41, 5.74) is 2.07. The highest BCUT2D eigenvalue weighted by Crippen LogP contribution is 2.19. The van der Waals surface area contributed by atoms with Gasteiger partial charge in [-0.2, -0.15) is 4.98 Å². The van der Waals surface area contributed by atoms with Gasteiger partial charge in [0.1, 0.15) is 6.04 Å². The van der Waals surface area contributed by atoms with Crippen LogP contribution < -0.4 is 5.32 Å². The number of nitrogens with one attached hydrogen (secondary N) is 1. The second-order valence-electron chi connectivity index (χ2n) is 5.21. The summed E-state index contributed by atoms with van der Waals surface area (Å²) in [6, 6.07) is 7.59. The van der Waals surface area contributed by atoms with Gasteiger partial charge in [0.15, 0.2) is 0 Å². The van der Waals surface area contributed by atoms with Crippen LogP contribution in [0.3, 0.4) is 0 Å². The van der Waals surface area contributed by atoms with Crippen LogP contribution in [0.2, 0.25) is 0 Å². The van der Waals surface area contributed by atoms with Crippen molar-refractivity contribution in [1.82, 2.24) is 15.5 Å². The zero-order valence-corrected chi connectivity index (χ0v) is 12.2. The van der Waals surface area contributed by atoms with Crippen LogP contribution in [0.15, 0.2) is 28.8 Å². The van der Waals surface area contributed by atoms with E-state index in [1.54, 1.807) is 0 Å². The van der Waals surface area contributed by atoms with Crippen molar-refractivity contribution in [3.63, 3.8) is 0 Å². The van der Waals surface area contributed by atoms with E-state index in [4.69, 9.17) is 4.52 Å². The summed E-state index contributed by atoms with van der Waals surface area (Å²) in [5.74, 6) is 0.838. The highest BCUT2D eigenvalue weighted by molar-refractivity contribution is 5.78. The molecule has 2 aromatic rings. The molecule has 0 fully saturated rings. The summed E-state index contributed by atoms with van der Waals surface area (Å²) in [6.07, 6.45) is 0. The maximum Gasteiger partial charge on any atom is 0.249 e. The first-order chi connectivity index (χ1) is 9.47. The maximum atomic E-state index is 11.6. The Bertz CT molecular complexity index is 587. The van der Waals surface area contributed by atoms with Gasteiger partial charge >= 0.3 is 0 Å². The molecule has 1 amide bonds. The third-order valence-electron chi connectivity index (χ3n) is 3.01. The molecule has 106 valence electrons. The number of benzene rings is 1. The fourth-order valence-corrected chi connectivity index (χ4v) is 1.67. The Morgan fingerprint density at radius 2 is 1.85 bits per heavy atom. The lowest BCUT2D eigenvalue weighted by Gasteiger charge is -2.11. The largest absolute Gasteiger partial charge is 0.344 e. The van der Waals surface area contributed by atoms with E-state index in [0.29, 0.717) is 11.7 Å². The second kappa shape index (κ2) is 5.86. The molecular formula is C15H19N3O2. The predicted octanol–water partition coefficient (Wildman–Crippen LogP) is 2.88. The fraction of sp³-hybridized carbons (Fsp3) is 0.400. The van der Waals surface area contributed by atoms with Crippen LogP contribution in [-0.2, 0) is 4.79 Å². The molecule has 0 bridgehead atoms. The number of aryl methyl sites for hydroxylation is 1. The molecule has 5 heteroatoms. The van der Waals surface area contributed by atoms with Crippen LogP contribution in [0, 0.1) is 12.8 Å². The lowest BCUT2D eigenvalue weighted by molar-refractivity contribution is -0.124. The number of aromatic nitrogens is 2. The second-order valence-corrected chi connectivity index (χ2v) is 5.21. The van der Waals surface area contributed by atoms with Crippen LogP contribution >= 0.6 is 0 Å². The number of amides is 1. The molecule has 1 atom stereocenters. The standard InChI is InChI=1S/C15H19N3O2/c1-9(2)14(19)16-11(4)15-17-13(18-20-15)12-7-5-10(3)6-8-12/h5-9,11H,1-4H3,(H,16,19). The van der Waals surface area contributed by atoms with Gasteiger partial charge in [0, 0.05) is 11.5 Å². The number of hydrogen-bond donors (Lipinski definition) is 1. The van der Waals surface area contributed by atoms with Crippen LogP contribution in [0.25, 0.3) is 11.4 Å². The Hall–Kier alpha value is -2.17. The summed E-state index contributed by atoms with van der Waals surface area (Å²) in [4.78, 5) is 16.0. The summed E-state index contributed by atoms with van der Waals surface area (Å²) in [7, 11) is 0. The van der Waals surface area contributed by atoms with E-state index in [2.05, 4.69) is 15.5 Å². The third kappa shape index (κ3) is 3.23. The highest BCUT2D eigenvalue weighted by atomic mass is 16.5. The van der Waals surface area contributed by atoms with E-state index in [0.717, 1.165) is 5.56 Å². The van der Waals surface area contributed by atoms with E-state index in [1.165, 1.54) is 5.56 Å². The van der Waals surface area contributed by atoms with E-state index >= 15 is 0 Å². The first-order valence-electron chi connectivity index (χ1n) is 6.68. The van der Waals surface area contributed by atoms with E-state index < -0.39 is 0 Å². The summed E-state index contributed by atoms with van der Waals surface area (Å²) >= 11 is 0. The van der Waals surface area contributed by atoms with Crippen molar-refractivity contribution < 1.29 is 9.32 Å². The molecule has 0 saturated carbocycles. The normalized spacial score (nSPS) is 12.4. The molecular weight excluding hydrogens is 254 g/mol. The monoisotopic (exact) mass is 273 g/mol. The molecule has 0 radical (unpaired) electrons. The summed E-state index contributed by atoms with van der Waals surface area (Å²) < 4.78 is 5.22. The minimum Gasteiger partial charge on any atom is -0.344 e. The quantitative estimate of drug-likeness (QED) is 0.930. The number of carbonyl (C=O) groups excluding carboxylic acids is 1. The Kier molecular flexibility index (Phi) is 4.17. The first kappa shape index (κ1) is 14.2. The lowest BCUT2D eigenvalue weighted by atomic mass is 10.1. The molecule has 0 aliphatic carbocycles. The SMILES string of the molecule is Cc1ccc(-c2noc(C(C)NC(=O)C(C)C)n2)cc1. The molecule has 2 rings (SSSR count). The fourth-order valence-electron chi connectivity index (χ4n) is 1.67. The molecule has 1 unspecified atom stereocenters. The molecule has 5 nitrogen and oxygen atoms in total. The van der Waals surface area contributed by atoms with Crippen molar-refractivity contribution in [3.05, 3.63) is 35.7 Å². The topological polar surface area (TPSA) is 68.0 Å². The predicted molar refractivity (Wildman–Crippen MR) is 75.9 cm³/mol. The van der Waals surface area contributed by atoms with Gasteiger partial charge in [-0.15, -0.1) is 0 Å². The molecule has 1 aromatic heterocycles. The number of rotatable bonds is 4. The van der Waals surface area contributed by atoms with E-state index in [-0.39, 0.29) is 17.9 Å². The Morgan fingerprint density at radius 3 is 2.45 bits per heavy atom. The van der Waals surface area contributed by atoms with E-state index in [1.807, 2.05) is 52.0 Å². The lowest BCUT2D eigenvalue weighted by Crippen LogP contribution is -2.30. The van der Waals surface area contributed by atoms with Gasteiger partial charge in [0.05, 0.1) is 0 Å². The molecule has 1 N–H and O–H groups in total. The van der Waals surface area contributed by atoms with Crippen molar-refractivity contribution in [1.29, 1.82) is 0 Å². The molecule has 0 aliphatic rings. The number of nitrogens with zero attached hydrogens (tertiary/aromatic N) is 2. The molecule has 1 heterocycles. The van der Waals surface area contributed by atoms with Crippen LogP contribution in [-0.4, -0.2) is 16.0 Å². The van der Waals surface area contributed by atoms with Crippen LogP contribution in [0.4, 0.5) is 0 Å². The molecule has 20 heavy (non-hydrogen) atoms. The summed E-state index contributed by atoms with van der Waals surface area (Å²) in [5, 5.41) is 6.79. The van der Waals surface area contributed by atoms with Crippen molar-refractivity contribution in [2.45, 2.75) is 33.7 Å². The number of carbonyl (C=O) groups is 1. The van der Waals surface area contributed by atoms with Gasteiger partial charge in [0.2, 0.25) is 17.6 Å². The van der Waals surface area contributed by atoms with Gasteiger partial charge in [-0.05, 0) is 13.8 Å². The van der Waals surface area contributed by atoms with Crippen LogP contribution in [0.5, 0.6) is 0 Å². The molecule has 1 aromatic carbocycles. The molecule has 0 spiro atoms. The van der Waals surface area contributed by atoms with Crippen molar-refractivity contribution in [3.8, 4) is 11.4 Å². The van der Waals surface area contributed by atoms with Crippen molar-refractivity contribution in [2.75, 3.05) is 0 Å². The zero-order valence-electron chi connectivity index (χ0n) is 12.2. The first-order valence-corrected chi connectivity index (χ1v) is 6.68. The zero-order chi connectivity index (χ0) is 14.7. The molecule has 0 aliphatic heterocycles. The Balaban J connectivity index is 2.12. The van der Waals surface area contributed by atoms with E-state index in [9.17, 15) is 4.79 Å². The average Bonchev–Trinajstić information content (AvgIpc) is 2.89. The average molecular weight is 273 g/mol. The van der Waals surface area contributed by atoms with Crippen LogP contribution in [0.1, 0.15) is 38.3 Å². The highest BCUT2D eigenvalue weighted by Gasteiger charge is 2.18. The van der Waals surface area contributed by atoms with Gasteiger partial charge in [-0.25, -0.2) is 0 Å². The van der Waals surface area contributed by atoms with Crippen molar-refractivity contribution >= 4 is 5.91 Å². The van der Waals surface area contributed by atoms with Gasteiger partial charge in [-0.3, -0.25) is 4.79 Å². The maximum absolute atomic E-state index is 11.6. The summed E-state index contributed by atoms with van der Waals surface area (Å²) in [6.45, 7) is 7.53. The minimum absolute atomic E-state index is 0.0346. The minimum atomic E-state index is -0.295.